The third kappa shape index (κ3) is 7.45. The van der Waals surface area contributed by atoms with Crippen LogP contribution >= 0.6 is 0 Å². The predicted molar refractivity (Wildman–Crippen MR) is 131 cm³/mol. The molecule has 1 aliphatic rings. The molecule has 0 heterocycles. The average Bonchev–Trinajstić information content (AvgIpc) is 2.92. The Morgan fingerprint density at radius 3 is 2.52 bits per heavy atom. The first-order chi connectivity index (χ1) is 14.4. The lowest BCUT2D eigenvalue weighted by Gasteiger charge is -2.36. The van der Waals surface area contributed by atoms with Gasteiger partial charge in [-0.25, -0.2) is 0 Å². The smallest absolute Gasteiger partial charge is 0.250 e. The zero-order valence-electron chi connectivity index (χ0n) is 20.3. The predicted octanol–water partition coefficient (Wildman–Crippen LogP) is 5.47. The van der Waals surface area contributed by atoms with E-state index in [2.05, 4.69) is 52.9 Å². The lowest BCUT2D eigenvalue weighted by atomic mass is 9.87. The minimum Gasteiger partial charge on any atom is -0.543 e. The molecule has 176 valence electrons. The molecule has 0 unspecified atom stereocenters. The first kappa shape index (κ1) is 26.1. The highest BCUT2D eigenvalue weighted by Gasteiger charge is 2.41. The van der Waals surface area contributed by atoms with Crippen molar-refractivity contribution < 1.29 is 19.7 Å². The molecule has 0 aromatic heterocycles. The summed E-state index contributed by atoms with van der Waals surface area (Å²) in [5.41, 5.74) is 1.11. The number of aliphatic hydroxyl groups is 3. The molecule has 1 saturated carbocycles. The molecule has 1 aromatic carbocycles. The van der Waals surface area contributed by atoms with Gasteiger partial charge < -0.3 is 19.7 Å². The molecule has 3 N–H and O–H groups in total. The van der Waals surface area contributed by atoms with Crippen LogP contribution in [-0.4, -0.2) is 41.9 Å². The van der Waals surface area contributed by atoms with E-state index in [1.54, 1.807) is 0 Å². The van der Waals surface area contributed by atoms with Gasteiger partial charge >= 0.3 is 0 Å². The molecule has 0 amide bonds. The summed E-state index contributed by atoms with van der Waals surface area (Å²) < 4.78 is 6.45. The standard InChI is InChI=1S/C26H44O4Si/c1-7-8-9-12-20(27)14-15-22-23(25(29)18-24(22)28)17-19-11-10-13-21(16-19)30-31(5,6)26(2,3)4/h10-11,13-16,20,22-25,27-29H,7-9,12,17-18H2,1-6H3/t20-,22-,23-,24-,25+/m0/s1. The third-order valence-corrected chi connectivity index (χ3v) is 11.5. The lowest BCUT2D eigenvalue weighted by Crippen LogP contribution is -2.43. The van der Waals surface area contributed by atoms with Gasteiger partial charge in [0, 0.05) is 12.3 Å². The van der Waals surface area contributed by atoms with E-state index in [1.165, 1.54) is 0 Å². The molecular formula is C26H44O4Si. The van der Waals surface area contributed by atoms with Gasteiger partial charge in [0.05, 0.1) is 18.3 Å². The molecule has 0 spiro atoms. The van der Waals surface area contributed by atoms with E-state index in [-0.39, 0.29) is 16.9 Å². The quantitative estimate of drug-likeness (QED) is 0.252. The highest BCUT2D eigenvalue weighted by molar-refractivity contribution is 6.74. The Hall–Kier alpha value is -1.14. The summed E-state index contributed by atoms with van der Waals surface area (Å²) in [7, 11) is -1.92. The van der Waals surface area contributed by atoms with Gasteiger partial charge in [-0.05, 0) is 54.6 Å². The topological polar surface area (TPSA) is 69.9 Å². The Balaban J connectivity index is 2.09. The summed E-state index contributed by atoms with van der Waals surface area (Å²) in [6.45, 7) is 13.3. The van der Waals surface area contributed by atoms with E-state index in [9.17, 15) is 15.3 Å². The highest BCUT2D eigenvalue weighted by Crippen LogP contribution is 2.39. The van der Waals surface area contributed by atoms with Gasteiger partial charge in [0.25, 0.3) is 0 Å². The van der Waals surface area contributed by atoms with Crippen LogP contribution in [-0.2, 0) is 6.42 Å². The molecule has 1 aliphatic carbocycles. The van der Waals surface area contributed by atoms with E-state index < -0.39 is 26.6 Å². The van der Waals surface area contributed by atoms with Gasteiger partial charge in [-0.3, -0.25) is 0 Å². The van der Waals surface area contributed by atoms with Gasteiger partial charge in [0.1, 0.15) is 5.75 Å². The van der Waals surface area contributed by atoms with E-state index in [4.69, 9.17) is 4.43 Å². The lowest BCUT2D eigenvalue weighted by molar-refractivity contribution is 0.119. The van der Waals surface area contributed by atoms with Crippen molar-refractivity contribution in [3.8, 4) is 5.75 Å². The number of rotatable bonds is 10. The largest absolute Gasteiger partial charge is 0.543 e. The van der Waals surface area contributed by atoms with Crippen molar-refractivity contribution in [1.82, 2.24) is 0 Å². The van der Waals surface area contributed by atoms with Crippen LogP contribution in [0.4, 0.5) is 0 Å². The molecule has 0 saturated heterocycles. The maximum atomic E-state index is 10.6. The van der Waals surface area contributed by atoms with Crippen molar-refractivity contribution in [3.05, 3.63) is 42.0 Å². The highest BCUT2D eigenvalue weighted by atomic mass is 28.4. The minimum absolute atomic E-state index is 0.0720. The van der Waals surface area contributed by atoms with Crippen molar-refractivity contribution in [2.24, 2.45) is 11.8 Å². The summed E-state index contributed by atoms with van der Waals surface area (Å²) in [6.07, 6.45) is 7.17. The second-order valence-electron chi connectivity index (χ2n) is 10.8. The monoisotopic (exact) mass is 448 g/mol. The summed E-state index contributed by atoms with van der Waals surface area (Å²) >= 11 is 0. The second kappa shape index (κ2) is 11.1. The fraction of sp³-hybridized carbons (Fsp3) is 0.692. The number of unbranched alkanes of at least 4 members (excludes halogenated alkanes) is 2. The fourth-order valence-corrected chi connectivity index (χ4v) is 5.10. The van der Waals surface area contributed by atoms with Crippen LogP contribution < -0.4 is 4.43 Å². The normalized spacial score (nSPS) is 25.8. The number of aliphatic hydroxyl groups excluding tert-OH is 3. The van der Waals surface area contributed by atoms with Crippen molar-refractivity contribution in [1.29, 1.82) is 0 Å². The molecule has 1 fully saturated rings. The summed E-state index contributed by atoms with van der Waals surface area (Å²) in [4.78, 5) is 0. The summed E-state index contributed by atoms with van der Waals surface area (Å²) in [5.74, 6) is 0.661. The molecule has 5 heteroatoms. The Morgan fingerprint density at radius 1 is 1.16 bits per heavy atom. The van der Waals surface area contributed by atoms with Gasteiger partial charge in [-0.15, -0.1) is 0 Å². The molecule has 4 nitrogen and oxygen atoms in total. The molecule has 0 radical (unpaired) electrons. The zero-order chi connectivity index (χ0) is 23.2. The molecule has 31 heavy (non-hydrogen) atoms. The Labute approximate surface area is 190 Å². The van der Waals surface area contributed by atoms with Crippen molar-refractivity contribution in [2.75, 3.05) is 0 Å². The Kier molecular flexibility index (Phi) is 9.37. The average molecular weight is 449 g/mol. The number of hydrogen-bond donors (Lipinski definition) is 3. The van der Waals surface area contributed by atoms with Crippen LogP contribution in [0, 0.1) is 11.8 Å². The molecule has 2 rings (SSSR count). The number of benzene rings is 1. The summed E-state index contributed by atoms with van der Waals surface area (Å²) in [5, 5.41) is 31.5. The first-order valence-corrected chi connectivity index (χ1v) is 14.9. The van der Waals surface area contributed by atoms with Gasteiger partial charge in [-0.1, -0.05) is 71.2 Å². The van der Waals surface area contributed by atoms with Crippen LogP contribution in [0.3, 0.4) is 0 Å². The third-order valence-electron chi connectivity index (χ3n) is 7.12. The Morgan fingerprint density at radius 2 is 1.87 bits per heavy atom. The molecule has 1 aromatic rings. The van der Waals surface area contributed by atoms with Crippen molar-refractivity contribution in [3.63, 3.8) is 0 Å². The van der Waals surface area contributed by atoms with Crippen molar-refractivity contribution in [2.45, 2.75) is 103 Å². The maximum Gasteiger partial charge on any atom is 0.250 e. The molecule has 0 bridgehead atoms. The van der Waals surface area contributed by atoms with Crippen LogP contribution in [0.15, 0.2) is 36.4 Å². The molecular weight excluding hydrogens is 404 g/mol. The minimum atomic E-state index is -1.92. The van der Waals surface area contributed by atoms with Crippen LogP contribution in [0.1, 0.15) is 65.4 Å². The fourth-order valence-electron chi connectivity index (χ4n) is 4.08. The van der Waals surface area contributed by atoms with Crippen LogP contribution in [0.25, 0.3) is 0 Å². The van der Waals surface area contributed by atoms with E-state index in [0.29, 0.717) is 12.8 Å². The van der Waals surface area contributed by atoms with Crippen LogP contribution in [0.2, 0.25) is 18.1 Å². The van der Waals surface area contributed by atoms with E-state index in [1.807, 2.05) is 24.3 Å². The molecule has 0 aliphatic heterocycles. The SMILES string of the molecule is CCCCC[C@H](O)C=C[C@H]1[C@H](Cc2cccc(O[Si](C)(C)C(C)(C)C)c2)[C@H](O)C[C@@H]1O. The number of hydrogen-bond acceptors (Lipinski definition) is 4. The molecule has 5 atom stereocenters. The zero-order valence-corrected chi connectivity index (χ0v) is 21.3. The van der Waals surface area contributed by atoms with E-state index in [0.717, 1.165) is 37.0 Å². The van der Waals surface area contributed by atoms with Gasteiger partial charge in [0.2, 0.25) is 8.32 Å². The van der Waals surface area contributed by atoms with Gasteiger partial charge in [0.15, 0.2) is 0 Å². The Bertz CT molecular complexity index is 710. The van der Waals surface area contributed by atoms with E-state index >= 15 is 0 Å². The van der Waals surface area contributed by atoms with Gasteiger partial charge in [-0.2, -0.15) is 0 Å². The van der Waals surface area contributed by atoms with Crippen LogP contribution in [0.5, 0.6) is 5.75 Å². The second-order valence-corrected chi connectivity index (χ2v) is 15.5. The van der Waals surface area contributed by atoms with Crippen molar-refractivity contribution >= 4 is 8.32 Å². The first-order valence-electron chi connectivity index (χ1n) is 11.9. The summed E-state index contributed by atoms with van der Waals surface area (Å²) in [6, 6.07) is 8.17. The maximum absolute atomic E-state index is 10.6.